The van der Waals surface area contributed by atoms with E-state index in [1.54, 1.807) is 5.38 Å². The molecule has 0 fully saturated rings. The van der Waals surface area contributed by atoms with Gasteiger partial charge in [-0.15, -0.1) is 11.3 Å². The van der Waals surface area contributed by atoms with E-state index in [1.807, 2.05) is 42.5 Å². The topological polar surface area (TPSA) is 59.4 Å². The maximum atomic E-state index is 10.9. The van der Waals surface area contributed by atoms with Gasteiger partial charge in [-0.2, -0.15) is 0 Å². The van der Waals surface area contributed by atoms with Crippen LogP contribution in [0.2, 0.25) is 0 Å². The molecule has 0 bridgehead atoms. The molecular weight excluding hydrogens is 310 g/mol. The first-order chi connectivity index (χ1) is 11.1. The molecule has 1 N–H and O–H groups in total. The molecule has 0 amide bonds. The van der Waals surface area contributed by atoms with Gasteiger partial charge in [0.15, 0.2) is 5.69 Å². The molecule has 1 aromatic heterocycles. The molecule has 0 spiro atoms. The van der Waals surface area contributed by atoms with Crippen molar-refractivity contribution in [1.82, 2.24) is 4.98 Å². The van der Waals surface area contributed by atoms with Crippen molar-refractivity contribution in [3.8, 4) is 16.3 Å². The molecule has 23 heavy (non-hydrogen) atoms. The number of aromatic carboxylic acids is 1. The molecule has 0 aliphatic rings. The van der Waals surface area contributed by atoms with Crippen LogP contribution in [-0.2, 0) is 6.61 Å². The lowest BCUT2D eigenvalue weighted by molar-refractivity contribution is 0.0691. The van der Waals surface area contributed by atoms with Gasteiger partial charge in [-0.25, -0.2) is 9.78 Å². The van der Waals surface area contributed by atoms with Crippen LogP contribution < -0.4 is 4.74 Å². The Bertz CT molecular complexity index is 842. The first-order valence-electron chi connectivity index (χ1n) is 7.10. The number of hydrogen-bond acceptors (Lipinski definition) is 4. The van der Waals surface area contributed by atoms with E-state index in [1.165, 1.54) is 16.9 Å². The molecule has 0 saturated heterocycles. The van der Waals surface area contributed by atoms with Gasteiger partial charge in [0.05, 0.1) is 0 Å². The first-order valence-corrected chi connectivity index (χ1v) is 7.98. The van der Waals surface area contributed by atoms with E-state index in [4.69, 9.17) is 9.84 Å². The van der Waals surface area contributed by atoms with E-state index >= 15 is 0 Å². The van der Waals surface area contributed by atoms with E-state index in [-0.39, 0.29) is 5.69 Å². The van der Waals surface area contributed by atoms with Crippen LogP contribution in [0.1, 0.15) is 21.6 Å². The van der Waals surface area contributed by atoms with Crippen LogP contribution in [0.15, 0.2) is 53.9 Å². The van der Waals surface area contributed by atoms with Crippen molar-refractivity contribution in [3.05, 3.63) is 70.7 Å². The summed E-state index contributed by atoms with van der Waals surface area (Å²) >= 11 is 1.31. The van der Waals surface area contributed by atoms with Crippen LogP contribution in [0.3, 0.4) is 0 Å². The van der Waals surface area contributed by atoms with Crippen molar-refractivity contribution < 1.29 is 14.6 Å². The second-order valence-electron chi connectivity index (χ2n) is 5.09. The number of carboxylic acid groups (broad SMARTS) is 1. The number of thiazole rings is 1. The predicted molar refractivity (Wildman–Crippen MR) is 90.0 cm³/mol. The summed E-state index contributed by atoms with van der Waals surface area (Å²) in [7, 11) is 0. The monoisotopic (exact) mass is 325 g/mol. The number of carbonyl (C=O) groups is 1. The van der Waals surface area contributed by atoms with Gasteiger partial charge in [0, 0.05) is 10.9 Å². The Hall–Kier alpha value is -2.66. The maximum absolute atomic E-state index is 10.9. The lowest BCUT2D eigenvalue weighted by Crippen LogP contribution is -1.98. The largest absolute Gasteiger partial charge is 0.489 e. The molecule has 3 aromatic rings. The quantitative estimate of drug-likeness (QED) is 0.755. The minimum Gasteiger partial charge on any atom is -0.489 e. The van der Waals surface area contributed by atoms with Crippen LogP contribution in [0, 0.1) is 6.92 Å². The van der Waals surface area contributed by atoms with E-state index < -0.39 is 5.97 Å². The number of aromatic nitrogens is 1. The second kappa shape index (κ2) is 6.62. The zero-order valence-electron chi connectivity index (χ0n) is 12.5. The third-order valence-electron chi connectivity index (χ3n) is 3.46. The summed E-state index contributed by atoms with van der Waals surface area (Å²) in [5.74, 6) is -0.280. The highest BCUT2D eigenvalue weighted by molar-refractivity contribution is 7.13. The summed E-state index contributed by atoms with van der Waals surface area (Å²) < 4.78 is 5.85. The molecule has 5 heteroatoms. The summed E-state index contributed by atoms with van der Waals surface area (Å²) in [5, 5.41) is 11.2. The zero-order valence-corrected chi connectivity index (χ0v) is 13.3. The maximum Gasteiger partial charge on any atom is 0.355 e. The molecule has 0 radical (unpaired) electrons. The van der Waals surface area contributed by atoms with Crippen molar-refractivity contribution in [1.29, 1.82) is 0 Å². The highest BCUT2D eigenvalue weighted by atomic mass is 32.1. The number of aryl methyl sites for hydroxylation is 1. The predicted octanol–water partition coefficient (Wildman–Crippen LogP) is 4.40. The molecule has 1 heterocycles. The summed E-state index contributed by atoms with van der Waals surface area (Å²) in [5.41, 5.74) is 3.25. The van der Waals surface area contributed by atoms with E-state index in [0.717, 1.165) is 16.9 Å². The SMILES string of the molecule is Cc1ccccc1COc1cccc(-c2nc(C(=O)O)cs2)c1. The van der Waals surface area contributed by atoms with E-state index in [2.05, 4.69) is 18.0 Å². The van der Waals surface area contributed by atoms with Gasteiger partial charge < -0.3 is 9.84 Å². The molecule has 4 nitrogen and oxygen atoms in total. The van der Waals surface area contributed by atoms with Gasteiger partial charge in [-0.1, -0.05) is 36.4 Å². The number of rotatable bonds is 5. The fraction of sp³-hybridized carbons (Fsp3) is 0.111. The zero-order chi connectivity index (χ0) is 16.2. The Kier molecular flexibility index (Phi) is 4.39. The lowest BCUT2D eigenvalue weighted by Gasteiger charge is -2.09. The lowest BCUT2D eigenvalue weighted by atomic mass is 10.1. The van der Waals surface area contributed by atoms with Gasteiger partial charge >= 0.3 is 5.97 Å². The molecule has 0 unspecified atom stereocenters. The number of hydrogen-bond donors (Lipinski definition) is 1. The molecule has 3 rings (SSSR count). The van der Waals surface area contributed by atoms with Crippen LogP contribution in [0.25, 0.3) is 10.6 Å². The summed E-state index contributed by atoms with van der Waals surface area (Å²) in [4.78, 5) is 15.0. The first kappa shape index (κ1) is 15.2. The van der Waals surface area contributed by atoms with Gasteiger partial charge in [-0.3, -0.25) is 0 Å². The Balaban J connectivity index is 1.77. The Morgan fingerprint density at radius 1 is 1.22 bits per heavy atom. The third-order valence-corrected chi connectivity index (χ3v) is 4.35. The average Bonchev–Trinajstić information content (AvgIpc) is 3.05. The number of benzene rings is 2. The molecule has 0 atom stereocenters. The minimum absolute atomic E-state index is 0.0660. The normalized spacial score (nSPS) is 10.5. The van der Waals surface area contributed by atoms with Crippen molar-refractivity contribution >= 4 is 17.3 Å². The fourth-order valence-electron chi connectivity index (χ4n) is 2.16. The smallest absolute Gasteiger partial charge is 0.355 e. The third kappa shape index (κ3) is 3.57. The van der Waals surface area contributed by atoms with E-state index in [0.29, 0.717) is 11.6 Å². The van der Waals surface area contributed by atoms with Crippen LogP contribution in [0.4, 0.5) is 0 Å². The Labute approximate surface area is 138 Å². The average molecular weight is 325 g/mol. The van der Waals surface area contributed by atoms with Crippen molar-refractivity contribution in [2.24, 2.45) is 0 Å². The van der Waals surface area contributed by atoms with Gasteiger partial charge in [-0.05, 0) is 30.2 Å². The van der Waals surface area contributed by atoms with Crippen molar-refractivity contribution in [3.63, 3.8) is 0 Å². The Morgan fingerprint density at radius 2 is 2.04 bits per heavy atom. The molecule has 0 aliphatic carbocycles. The highest BCUT2D eigenvalue weighted by Gasteiger charge is 2.10. The fourth-order valence-corrected chi connectivity index (χ4v) is 2.95. The van der Waals surface area contributed by atoms with Crippen molar-refractivity contribution in [2.45, 2.75) is 13.5 Å². The minimum atomic E-state index is -1.01. The summed E-state index contributed by atoms with van der Waals surface area (Å²) in [6.45, 7) is 2.55. The van der Waals surface area contributed by atoms with Gasteiger partial charge in [0.1, 0.15) is 17.4 Å². The molecule has 0 saturated carbocycles. The summed E-state index contributed by atoms with van der Waals surface area (Å²) in [6.07, 6.45) is 0. The van der Waals surface area contributed by atoms with Gasteiger partial charge in [0.2, 0.25) is 0 Å². The standard InChI is InChI=1S/C18H15NO3S/c1-12-5-2-3-6-14(12)10-22-15-8-4-7-13(9-15)17-19-16(11-23-17)18(20)21/h2-9,11H,10H2,1H3,(H,20,21). The Morgan fingerprint density at radius 3 is 2.78 bits per heavy atom. The molecular formula is C18H15NO3S. The van der Waals surface area contributed by atoms with Crippen LogP contribution in [-0.4, -0.2) is 16.1 Å². The highest BCUT2D eigenvalue weighted by Crippen LogP contribution is 2.27. The number of nitrogens with zero attached hydrogens (tertiary/aromatic N) is 1. The number of carboxylic acids is 1. The van der Waals surface area contributed by atoms with Gasteiger partial charge in [0.25, 0.3) is 0 Å². The van der Waals surface area contributed by atoms with E-state index in [9.17, 15) is 4.79 Å². The second-order valence-corrected chi connectivity index (χ2v) is 5.94. The van der Waals surface area contributed by atoms with Crippen LogP contribution >= 0.6 is 11.3 Å². The summed E-state index contributed by atoms with van der Waals surface area (Å²) in [6, 6.07) is 15.6. The molecule has 0 aliphatic heterocycles. The van der Waals surface area contributed by atoms with Crippen molar-refractivity contribution in [2.75, 3.05) is 0 Å². The van der Waals surface area contributed by atoms with Crippen LogP contribution in [0.5, 0.6) is 5.75 Å². The number of ether oxygens (including phenoxy) is 1. The molecule has 116 valence electrons. The molecule has 2 aromatic carbocycles.